The van der Waals surface area contributed by atoms with Crippen molar-refractivity contribution in [2.24, 2.45) is 0 Å². The molecule has 0 unspecified atom stereocenters. The number of rotatable bonds is 3. The average molecular weight is 257 g/mol. The number of nitrogens with one attached hydrogen (secondary N) is 1. The Bertz CT molecular complexity index is 638. The quantitative estimate of drug-likeness (QED) is 0.858. The average Bonchev–Trinajstić information content (AvgIpc) is 2.38. The molecule has 0 heterocycles. The van der Waals surface area contributed by atoms with Gasteiger partial charge in [-0.3, -0.25) is 9.59 Å². The van der Waals surface area contributed by atoms with Gasteiger partial charge < -0.3 is 5.32 Å². The predicted octanol–water partition coefficient (Wildman–Crippen LogP) is 3.26. The molecule has 0 aliphatic carbocycles. The van der Waals surface area contributed by atoms with Gasteiger partial charge in [0.15, 0.2) is 6.29 Å². The van der Waals surface area contributed by atoms with Crippen molar-refractivity contribution >= 4 is 17.9 Å². The number of anilines is 1. The molecule has 0 atom stereocenters. The van der Waals surface area contributed by atoms with Crippen LogP contribution in [0, 0.1) is 5.82 Å². The Balaban J connectivity index is 2.38. The highest BCUT2D eigenvalue weighted by Gasteiger charge is 2.05. The largest absolute Gasteiger partial charge is 0.326 e. The number of hydrogen-bond acceptors (Lipinski definition) is 2. The third-order valence-electron chi connectivity index (χ3n) is 2.64. The van der Waals surface area contributed by atoms with E-state index in [9.17, 15) is 14.0 Å². The minimum absolute atomic E-state index is 0.0294. The van der Waals surface area contributed by atoms with Gasteiger partial charge in [-0.25, -0.2) is 4.39 Å². The van der Waals surface area contributed by atoms with Crippen LogP contribution in [0.1, 0.15) is 17.3 Å². The number of halogens is 1. The SMILES string of the molecule is CC(=O)Nc1cccc(-c2ccc(C=O)c(F)c2)c1. The van der Waals surface area contributed by atoms with Crippen LogP contribution in [0.4, 0.5) is 10.1 Å². The standard InChI is InChI=1S/C15H12FNO2/c1-10(19)17-14-4-2-3-11(7-14)12-5-6-13(9-18)15(16)8-12/h2-9H,1H3,(H,17,19). The van der Waals surface area contributed by atoms with Gasteiger partial charge in [-0.2, -0.15) is 0 Å². The number of carbonyl (C=O) groups excluding carboxylic acids is 2. The van der Waals surface area contributed by atoms with Gasteiger partial charge in [-0.15, -0.1) is 0 Å². The molecule has 0 spiro atoms. The van der Waals surface area contributed by atoms with Crippen LogP contribution >= 0.6 is 0 Å². The molecule has 0 fully saturated rings. The highest BCUT2D eigenvalue weighted by molar-refractivity contribution is 5.89. The molecule has 19 heavy (non-hydrogen) atoms. The van der Waals surface area contributed by atoms with Crippen LogP contribution < -0.4 is 5.32 Å². The summed E-state index contributed by atoms with van der Waals surface area (Å²) >= 11 is 0. The van der Waals surface area contributed by atoms with Crippen LogP contribution in [-0.2, 0) is 4.79 Å². The summed E-state index contributed by atoms with van der Waals surface area (Å²) in [7, 11) is 0. The molecule has 0 aliphatic heterocycles. The van der Waals surface area contributed by atoms with Crippen molar-refractivity contribution in [2.45, 2.75) is 6.92 Å². The molecule has 0 aliphatic rings. The molecule has 0 saturated carbocycles. The normalized spacial score (nSPS) is 10.0. The van der Waals surface area contributed by atoms with Gasteiger partial charge in [-0.1, -0.05) is 18.2 Å². The van der Waals surface area contributed by atoms with E-state index in [1.54, 1.807) is 30.3 Å². The lowest BCUT2D eigenvalue weighted by atomic mass is 10.0. The zero-order chi connectivity index (χ0) is 13.8. The maximum absolute atomic E-state index is 13.5. The summed E-state index contributed by atoms with van der Waals surface area (Å²) in [5.41, 5.74) is 2.09. The lowest BCUT2D eigenvalue weighted by molar-refractivity contribution is -0.114. The van der Waals surface area contributed by atoms with Crippen LogP contribution in [0.3, 0.4) is 0 Å². The van der Waals surface area contributed by atoms with Crippen LogP contribution in [0.5, 0.6) is 0 Å². The summed E-state index contributed by atoms with van der Waals surface area (Å²) in [6.45, 7) is 1.42. The van der Waals surface area contributed by atoms with Crippen molar-refractivity contribution in [2.75, 3.05) is 5.32 Å². The Labute approximate surface area is 110 Å². The second-order valence-electron chi connectivity index (χ2n) is 4.12. The molecule has 3 nitrogen and oxygen atoms in total. The molecule has 2 rings (SSSR count). The Morgan fingerprint density at radius 2 is 1.89 bits per heavy atom. The summed E-state index contributed by atoms with van der Waals surface area (Å²) in [6.07, 6.45) is 0.479. The first-order valence-electron chi connectivity index (χ1n) is 5.73. The third-order valence-corrected chi connectivity index (χ3v) is 2.64. The minimum atomic E-state index is -0.558. The third kappa shape index (κ3) is 3.04. The molecule has 1 N–H and O–H groups in total. The molecular weight excluding hydrogens is 245 g/mol. The first kappa shape index (κ1) is 13.0. The van der Waals surface area contributed by atoms with E-state index in [1.807, 2.05) is 0 Å². The fraction of sp³-hybridized carbons (Fsp3) is 0.0667. The molecule has 2 aromatic rings. The van der Waals surface area contributed by atoms with E-state index in [-0.39, 0.29) is 11.5 Å². The van der Waals surface area contributed by atoms with Crippen molar-refractivity contribution in [3.63, 3.8) is 0 Å². The Hall–Kier alpha value is -2.49. The fourth-order valence-corrected chi connectivity index (χ4v) is 1.78. The summed E-state index contributed by atoms with van der Waals surface area (Å²) in [5, 5.41) is 2.66. The van der Waals surface area contributed by atoms with Crippen molar-refractivity contribution in [3.8, 4) is 11.1 Å². The van der Waals surface area contributed by atoms with Gasteiger partial charge in [0.05, 0.1) is 5.56 Å². The number of hydrogen-bond donors (Lipinski definition) is 1. The topological polar surface area (TPSA) is 46.2 Å². The number of benzene rings is 2. The van der Waals surface area contributed by atoms with Crippen LogP contribution in [0.15, 0.2) is 42.5 Å². The zero-order valence-corrected chi connectivity index (χ0v) is 10.3. The molecule has 96 valence electrons. The molecule has 0 bridgehead atoms. The molecule has 0 saturated heterocycles. The molecular formula is C15H12FNO2. The molecule has 2 aromatic carbocycles. The lowest BCUT2D eigenvalue weighted by Gasteiger charge is -2.06. The second-order valence-corrected chi connectivity index (χ2v) is 4.12. The number of amides is 1. The fourth-order valence-electron chi connectivity index (χ4n) is 1.78. The summed E-state index contributed by atoms with van der Waals surface area (Å²) < 4.78 is 13.5. The van der Waals surface area contributed by atoms with Crippen LogP contribution in [-0.4, -0.2) is 12.2 Å². The van der Waals surface area contributed by atoms with Gasteiger partial charge in [0.1, 0.15) is 5.82 Å². The van der Waals surface area contributed by atoms with Crippen LogP contribution in [0.2, 0.25) is 0 Å². The zero-order valence-electron chi connectivity index (χ0n) is 10.3. The molecule has 0 radical (unpaired) electrons. The van der Waals surface area contributed by atoms with Gasteiger partial charge in [0.2, 0.25) is 5.91 Å². The maximum Gasteiger partial charge on any atom is 0.221 e. The van der Waals surface area contributed by atoms with Gasteiger partial charge in [-0.05, 0) is 35.4 Å². The van der Waals surface area contributed by atoms with Crippen molar-refractivity contribution in [3.05, 3.63) is 53.8 Å². The van der Waals surface area contributed by atoms with E-state index < -0.39 is 5.82 Å². The Morgan fingerprint density at radius 1 is 1.16 bits per heavy atom. The van der Waals surface area contributed by atoms with E-state index >= 15 is 0 Å². The minimum Gasteiger partial charge on any atom is -0.326 e. The summed E-state index contributed by atoms with van der Waals surface area (Å²) in [6, 6.07) is 11.5. The number of carbonyl (C=O) groups is 2. The van der Waals surface area contributed by atoms with E-state index in [0.717, 1.165) is 5.56 Å². The van der Waals surface area contributed by atoms with E-state index in [4.69, 9.17) is 0 Å². The first-order chi connectivity index (χ1) is 9.10. The van der Waals surface area contributed by atoms with Gasteiger partial charge in [0.25, 0.3) is 0 Å². The Kier molecular flexibility index (Phi) is 3.71. The van der Waals surface area contributed by atoms with E-state index in [1.165, 1.54) is 19.1 Å². The Morgan fingerprint density at radius 3 is 2.53 bits per heavy atom. The first-order valence-corrected chi connectivity index (χ1v) is 5.73. The molecule has 1 amide bonds. The lowest BCUT2D eigenvalue weighted by Crippen LogP contribution is -2.05. The summed E-state index contributed by atoms with van der Waals surface area (Å²) in [5.74, 6) is -0.725. The maximum atomic E-state index is 13.5. The molecule has 0 aromatic heterocycles. The molecule has 4 heteroatoms. The van der Waals surface area contributed by atoms with Crippen molar-refractivity contribution in [1.82, 2.24) is 0 Å². The summed E-state index contributed by atoms with van der Waals surface area (Å²) in [4.78, 5) is 21.6. The van der Waals surface area contributed by atoms with Gasteiger partial charge in [0, 0.05) is 12.6 Å². The second kappa shape index (κ2) is 5.44. The van der Waals surface area contributed by atoms with Crippen molar-refractivity contribution < 1.29 is 14.0 Å². The predicted molar refractivity (Wildman–Crippen MR) is 71.5 cm³/mol. The van der Waals surface area contributed by atoms with Crippen LogP contribution in [0.25, 0.3) is 11.1 Å². The van der Waals surface area contributed by atoms with E-state index in [0.29, 0.717) is 17.5 Å². The highest BCUT2D eigenvalue weighted by atomic mass is 19.1. The number of aldehydes is 1. The monoisotopic (exact) mass is 257 g/mol. The smallest absolute Gasteiger partial charge is 0.221 e. The highest BCUT2D eigenvalue weighted by Crippen LogP contribution is 2.24. The van der Waals surface area contributed by atoms with Gasteiger partial charge >= 0.3 is 0 Å². The van der Waals surface area contributed by atoms with Crippen molar-refractivity contribution in [1.29, 1.82) is 0 Å². The van der Waals surface area contributed by atoms with E-state index in [2.05, 4.69) is 5.32 Å².